The number of benzene rings is 2. The van der Waals surface area contributed by atoms with E-state index in [1.807, 2.05) is 19.9 Å². The van der Waals surface area contributed by atoms with Crippen molar-refractivity contribution in [3.05, 3.63) is 48.0 Å². The molecule has 1 heterocycles. The van der Waals surface area contributed by atoms with Gasteiger partial charge in [-0.25, -0.2) is 0 Å². The Morgan fingerprint density at radius 3 is 1.80 bits per heavy atom. The average Bonchev–Trinajstić information content (AvgIpc) is 3.14. The van der Waals surface area contributed by atoms with Crippen LogP contribution in [0.4, 0.5) is 11.4 Å². The fourth-order valence-electron chi connectivity index (χ4n) is 8.89. The lowest BCUT2D eigenvalue weighted by Gasteiger charge is -2.38. The van der Waals surface area contributed by atoms with Crippen LogP contribution in [0, 0.1) is 11.8 Å². The van der Waals surface area contributed by atoms with E-state index < -0.39 is 0 Å². The molecule has 0 spiro atoms. The quantitative estimate of drug-likeness (QED) is 0.147. The Bertz CT molecular complexity index is 1160. The highest BCUT2D eigenvalue weighted by atomic mass is 16.5. The second-order valence-electron chi connectivity index (χ2n) is 16.3. The third kappa shape index (κ3) is 16.0. The number of ether oxygens (including phenoxy) is 2. The number of hydrogen-bond donors (Lipinski definition) is 1. The second kappa shape index (κ2) is 24.0. The summed E-state index contributed by atoms with van der Waals surface area (Å²) in [4.78, 5) is 4.98. The first-order valence-electron chi connectivity index (χ1n) is 21.6. The molecule has 0 radical (unpaired) electrons. The monoisotopic (exact) mass is 704 g/mol. The van der Waals surface area contributed by atoms with Crippen molar-refractivity contribution >= 4 is 11.4 Å². The summed E-state index contributed by atoms with van der Waals surface area (Å²) in [5.41, 5.74) is 4.08. The van der Waals surface area contributed by atoms with E-state index >= 15 is 0 Å². The van der Waals surface area contributed by atoms with E-state index in [4.69, 9.17) is 9.47 Å². The third-order valence-electron chi connectivity index (χ3n) is 11.6. The van der Waals surface area contributed by atoms with Crippen molar-refractivity contribution in [1.29, 1.82) is 0 Å². The zero-order valence-electron chi connectivity index (χ0n) is 33.7. The van der Waals surface area contributed by atoms with Crippen LogP contribution in [0.2, 0.25) is 0 Å². The first kappa shape index (κ1) is 41.4. The molecule has 2 unspecified atom stereocenters. The highest BCUT2D eigenvalue weighted by molar-refractivity contribution is 5.59. The maximum atomic E-state index is 5.67. The lowest BCUT2D eigenvalue weighted by molar-refractivity contribution is 0.322. The van der Waals surface area contributed by atoms with E-state index in [-0.39, 0.29) is 0 Å². The van der Waals surface area contributed by atoms with Gasteiger partial charge in [-0.3, -0.25) is 0 Å². The van der Waals surface area contributed by atoms with Crippen LogP contribution >= 0.6 is 0 Å². The Balaban J connectivity index is 0.000000229. The Labute approximate surface area is 314 Å². The van der Waals surface area contributed by atoms with Crippen LogP contribution in [0.1, 0.15) is 155 Å². The van der Waals surface area contributed by atoms with E-state index in [0.717, 1.165) is 42.8 Å². The van der Waals surface area contributed by atoms with Crippen molar-refractivity contribution in [2.24, 2.45) is 11.8 Å². The molecule has 3 fully saturated rings. The first-order chi connectivity index (χ1) is 24.9. The molecule has 2 atom stereocenters. The van der Waals surface area contributed by atoms with E-state index in [1.54, 1.807) is 0 Å². The molecule has 1 saturated heterocycles. The molecular formula is C46H77N3O2. The van der Waals surface area contributed by atoms with Crippen molar-refractivity contribution in [3.63, 3.8) is 0 Å². The fourth-order valence-corrected chi connectivity index (χ4v) is 8.89. The van der Waals surface area contributed by atoms with Gasteiger partial charge in [0.2, 0.25) is 0 Å². The molecule has 5 rings (SSSR count). The molecule has 1 aliphatic heterocycles. The summed E-state index contributed by atoms with van der Waals surface area (Å²) in [6.07, 6.45) is 28.4. The van der Waals surface area contributed by atoms with Crippen LogP contribution in [0.15, 0.2) is 42.5 Å². The zero-order chi connectivity index (χ0) is 36.1. The van der Waals surface area contributed by atoms with Crippen LogP contribution in [0.25, 0.3) is 0 Å². The van der Waals surface area contributed by atoms with Gasteiger partial charge in [-0.2, -0.15) is 0 Å². The molecule has 2 aromatic carbocycles. The summed E-state index contributed by atoms with van der Waals surface area (Å²) in [5, 5.41) is 3.63. The van der Waals surface area contributed by atoms with Crippen LogP contribution in [-0.4, -0.2) is 52.0 Å². The van der Waals surface area contributed by atoms with Gasteiger partial charge in [0.1, 0.15) is 11.5 Å². The predicted molar refractivity (Wildman–Crippen MR) is 221 cm³/mol. The van der Waals surface area contributed by atoms with Crippen LogP contribution in [0.5, 0.6) is 11.5 Å². The Kier molecular flexibility index (Phi) is 19.5. The molecule has 0 bridgehead atoms. The molecule has 5 nitrogen and oxygen atoms in total. The molecule has 0 amide bonds. The normalized spacial score (nSPS) is 20.1. The molecule has 5 heteroatoms. The van der Waals surface area contributed by atoms with Gasteiger partial charge in [-0.1, -0.05) is 115 Å². The largest absolute Gasteiger partial charge is 0.494 e. The number of hydrogen-bond acceptors (Lipinski definition) is 5. The maximum Gasteiger partial charge on any atom is 0.123 e. The number of unbranched alkanes of at least 4 members (excludes halogenated alkanes) is 5. The van der Waals surface area contributed by atoms with E-state index in [9.17, 15) is 0 Å². The number of nitrogens with one attached hydrogen (secondary N) is 1. The SMILES string of the molecule is CC1CN(c2cccc(N(C)CCCCC3CCCCC3)c2)CC(C)N1.CCOc1cc(CCCCCCCC2CCCCC2)cc(OCC)c1. The van der Waals surface area contributed by atoms with E-state index in [1.165, 1.54) is 145 Å². The van der Waals surface area contributed by atoms with Gasteiger partial charge in [0.15, 0.2) is 0 Å². The summed E-state index contributed by atoms with van der Waals surface area (Å²) < 4.78 is 11.3. The Morgan fingerprint density at radius 2 is 1.22 bits per heavy atom. The third-order valence-corrected chi connectivity index (χ3v) is 11.6. The first-order valence-corrected chi connectivity index (χ1v) is 21.6. The summed E-state index contributed by atoms with van der Waals surface area (Å²) in [7, 11) is 2.25. The van der Waals surface area contributed by atoms with Crippen LogP contribution < -0.4 is 24.6 Å². The highest BCUT2D eigenvalue weighted by Gasteiger charge is 2.21. The van der Waals surface area contributed by atoms with Crippen molar-refractivity contribution in [1.82, 2.24) is 5.32 Å². The number of aryl methyl sites for hydroxylation is 1. The van der Waals surface area contributed by atoms with Gasteiger partial charge in [0, 0.05) is 56.2 Å². The van der Waals surface area contributed by atoms with Gasteiger partial charge < -0.3 is 24.6 Å². The summed E-state index contributed by atoms with van der Waals surface area (Å²) in [6, 6.07) is 16.6. The average molecular weight is 704 g/mol. The molecule has 1 N–H and O–H groups in total. The predicted octanol–water partition coefficient (Wildman–Crippen LogP) is 12.0. The second-order valence-corrected chi connectivity index (χ2v) is 16.3. The summed E-state index contributed by atoms with van der Waals surface area (Å²) in [5.74, 6) is 3.95. The zero-order valence-corrected chi connectivity index (χ0v) is 33.7. The Hall–Kier alpha value is -2.40. The van der Waals surface area contributed by atoms with Gasteiger partial charge in [-0.15, -0.1) is 0 Å². The molecule has 0 aromatic heterocycles. The summed E-state index contributed by atoms with van der Waals surface area (Å²) in [6.45, 7) is 13.4. The number of anilines is 2. The topological polar surface area (TPSA) is 37.0 Å². The summed E-state index contributed by atoms with van der Waals surface area (Å²) >= 11 is 0. The Morgan fingerprint density at radius 1 is 0.667 bits per heavy atom. The molecular weight excluding hydrogens is 627 g/mol. The standard InChI is InChI=1S/C23H39N3.C23H38O2/c1-19-17-26(18-20(2)24-19)23-14-9-13-22(16-23)25(3)15-8-7-12-21-10-5-4-6-11-21;1-3-24-22-17-21(18-23(19-22)25-4-2)16-10-7-5-6-9-13-20-14-11-8-12-15-20/h9,13-14,16,19-21,24H,4-8,10-12,15,17-18H2,1-3H3;17-20H,3-16H2,1-2H3. The minimum atomic E-state index is 0.555. The van der Waals surface area contributed by atoms with Crippen LogP contribution in [-0.2, 0) is 6.42 Å². The number of piperazine rings is 1. The molecule has 3 aliphatic rings. The molecule has 51 heavy (non-hydrogen) atoms. The van der Waals surface area contributed by atoms with Crippen molar-refractivity contribution in [2.75, 3.05) is 49.7 Å². The lowest BCUT2D eigenvalue weighted by Crippen LogP contribution is -2.54. The lowest BCUT2D eigenvalue weighted by atomic mass is 9.85. The van der Waals surface area contributed by atoms with Crippen molar-refractivity contribution in [2.45, 2.75) is 168 Å². The van der Waals surface area contributed by atoms with Crippen LogP contribution in [0.3, 0.4) is 0 Å². The van der Waals surface area contributed by atoms with Gasteiger partial charge in [0.25, 0.3) is 0 Å². The highest BCUT2D eigenvalue weighted by Crippen LogP contribution is 2.30. The maximum absolute atomic E-state index is 5.67. The van der Waals surface area contributed by atoms with Gasteiger partial charge in [-0.05, 0) is 94.7 Å². The smallest absolute Gasteiger partial charge is 0.123 e. The van der Waals surface area contributed by atoms with Crippen molar-refractivity contribution < 1.29 is 9.47 Å². The minimum Gasteiger partial charge on any atom is -0.494 e. The van der Waals surface area contributed by atoms with Crippen molar-refractivity contribution in [3.8, 4) is 11.5 Å². The molecule has 2 saturated carbocycles. The molecule has 2 aliphatic carbocycles. The van der Waals surface area contributed by atoms with E-state index in [0.29, 0.717) is 25.3 Å². The molecule has 2 aromatic rings. The van der Waals surface area contributed by atoms with Gasteiger partial charge in [0.05, 0.1) is 13.2 Å². The van der Waals surface area contributed by atoms with E-state index in [2.05, 4.69) is 72.4 Å². The minimum absolute atomic E-state index is 0.555. The number of nitrogens with zero attached hydrogens (tertiary/aromatic N) is 2. The molecule has 288 valence electrons. The fraction of sp³-hybridized carbons (Fsp3) is 0.739. The van der Waals surface area contributed by atoms with Gasteiger partial charge >= 0.3 is 0 Å². The number of rotatable bonds is 19.